The first kappa shape index (κ1) is 16.9. The van der Waals surface area contributed by atoms with Crippen molar-refractivity contribution in [3.63, 3.8) is 0 Å². The van der Waals surface area contributed by atoms with Gasteiger partial charge >= 0.3 is 0 Å². The fraction of sp³-hybridized carbons (Fsp3) is 0.118. The number of nitrogens with one attached hydrogen (secondary N) is 1. The lowest BCUT2D eigenvalue weighted by atomic mass is 10.2. The average Bonchev–Trinajstić information content (AvgIpc) is 2.49. The van der Waals surface area contributed by atoms with E-state index in [1.807, 2.05) is 19.1 Å². The summed E-state index contributed by atoms with van der Waals surface area (Å²) in [5.41, 5.74) is 1.67. The van der Waals surface area contributed by atoms with Crippen LogP contribution in [0.4, 0.5) is 10.1 Å². The van der Waals surface area contributed by atoms with E-state index >= 15 is 0 Å². The quantitative estimate of drug-likeness (QED) is 0.851. The molecule has 0 aliphatic heterocycles. The molecule has 0 fully saturated rings. The Morgan fingerprint density at radius 3 is 2.26 bits per heavy atom. The van der Waals surface area contributed by atoms with Crippen LogP contribution in [0.1, 0.15) is 12.5 Å². The Morgan fingerprint density at radius 2 is 1.70 bits per heavy atom. The van der Waals surface area contributed by atoms with Crippen LogP contribution in [0.15, 0.2) is 64.5 Å². The van der Waals surface area contributed by atoms with Crippen molar-refractivity contribution in [2.24, 2.45) is 0 Å². The molecular formula is C17H16FNO3S. The lowest BCUT2D eigenvalue weighted by Gasteiger charge is -2.09. The third kappa shape index (κ3) is 3.84. The number of benzene rings is 2. The molecule has 2 rings (SSSR count). The van der Waals surface area contributed by atoms with Gasteiger partial charge in [0.2, 0.25) is 9.84 Å². The Balaban J connectivity index is 2.42. The Labute approximate surface area is 134 Å². The molecule has 0 unspecified atom stereocenters. The number of Topliss-reactive ketones (excluding diaryl/α,β-unsaturated/α-hetero) is 1. The average molecular weight is 333 g/mol. The predicted octanol–water partition coefficient (Wildman–Crippen LogP) is 3.45. The number of allylic oxidation sites excluding steroid dienone is 1. The first-order chi connectivity index (χ1) is 10.8. The van der Waals surface area contributed by atoms with Gasteiger partial charge < -0.3 is 5.32 Å². The van der Waals surface area contributed by atoms with Crippen molar-refractivity contribution in [3.8, 4) is 0 Å². The number of anilines is 1. The van der Waals surface area contributed by atoms with Gasteiger partial charge in [-0.1, -0.05) is 29.8 Å². The lowest BCUT2D eigenvalue weighted by molar-refractivity contribution is -0.113. The number of sulfone groups is 1. The number of rotatable bonds is 5. The Bertz CT molecular complexity index is 856. The molecule has 2 aromatic rings. The molecule has 0 aliphatic carbocycles. The van der Waals surface area contributed by atoms with Gasteiger partial charge in [0.15, 0.2) is 5.78 Å². The molecule has 0 amide bonds. The van der Waals surface area contributed by atoms with Crippen molar-refractivity contribution >= 4 is 21.3 Å². The zero-order valence-electron chi connectivity index (χ0n) is 12.7. The summed E-state index contributed by atoms with van der Waals surface area (Å²) in [7, 11) is -4.24. The molecule has 0 aromatic heterocycles. The second kappa shape index (κ2) is 6.75. The molecule has 0 bridgehead atoms. The second-order valence-electron chi connectivity index (χ2n) is 5.01. The molecule has 120 valence electrons. The van der Waals surface area contributed by atoms with Crippen LogP contribution in [-0.4, -0.2) is 14.2 Å². The zero-order valence-corrected chi connectivity index (χ0v) is 13.5. The number of carbonyl (C=O) groups is 1. The SMILES string of the molecule is CC(=O)C(=CNc1ccc(C)cc1)S(=O)(=O)c1ccccc1F. The summed E-state index contributed by atoms with van der Waals surface area (Å²) in [4.78, 5) is 10.7. The number of ketones is 1. The van der Waals surface area contributed by atoms with Crippen molar-refractivity contribution in [2.45, 2.75) is 18.7 Å². The van der Waals surface area contributed by atoms with E-state index in [1.54, 1.807) is 12.1 Å². The van der Waals surface area contributed by atoms with Gasteiger partial charge in [0.05, 0.1) is 0 Å². The molecule has 0 saturated carbocycles. The standard InChI is InChI=1S/C17H16FNO3S/c1-12-7-9-14(10-8-12)19-11-17(13(2)20)23(21,22)16-6-4-3-5-15(16)18/h3-11,19H,1-2H3. The first-order valence-electron chi connectivity index (χ1n) is 6.86. The van der Waals surface area contributed by atoms with Crippen LogP contribution in [0.5, 0.6) is 0 Å². The normalized spacial score (nSPS) is 12.0. The molecule has 2 aromatic carbocycles. The predicted molar refractivity (Wildman–Crippen MR) is 87.2 cm³/mol. The van der Waals surface area contributed by atoms with Crippen LogP contribution < -0.4 is 5.32 Å². The molecule has 0 saturated heterocycles. The smallest absolute Gasteiger partial charge is 0.214 e. The number of halogens is 1. The fourth-order valence-electron chi connectivity index (χ4n) is 1.95. The highest BCUT2D eigenvalue weighted by molar-refractivity contribution is 7.96. The highest BCUT2D eigenvalue weighted by Gasteiger charge is 2.27. The van der Waals surface area contributed by atoms with E-state index in [1.165, 1.54) is 12.1 Å². The van der Waals surface area contributed by atoms with Crippen LogP contribution in [0.2, 0.25) is 0 Å². The Kier molecular flexibility index (Phi) is 4.95. The molecule has 23 heavy (non-hydrogen) atoms. The molecular weight excluding hydrogens is 317 g/mol. The molecule has 0 spiro atoms. The van der Waals surface area contributed by atoms with E-state index < -0.39 is 31.2 Å². The largest absolute Gasteiger partial charge is 0.360 e. The van der Waals surface area contributed by atoms with Gasteiger partial charge in [0.25, 0.3) is 0 Å². The summed E-state index contributed by atoms with van der Waals surface area (Å²) in [6, 6.07) is 12.1. The van der Waals surface area contributed by atoms with E-state index in [9.17, 15) is 17.6 Å². The van der Waals surface area contributed by atoms with Crippen molar-refractivity contribution < 1.29 is 17.6 Å². The van der Waals surface area contributed by atoms with Crippen LogP contribution in [-0.2, 0) is 14.6 Å². The Hall–Kier alpha value is -2.47. The van der Waals surface area contributed by atoms with Crippen LogP contribution in [0, 0.1) is 12.7 Å². The highest BCUT2D eigenvalue weighted by Crippen LogP contribution is 2.23. The Morgan fingerprint density at radius 1 is 1.09 bits per heavy atom. The van der Waals surface area contributed by atoms with Crippen LogP contribution in [0.3, 0.4) is 0 Å². The van der Waals surface area contributed by atoms with E-state index in [-0.39, 0.29) is 0 Å². The molecule has 0 radical (unpaired) electrons. The molecule has 0 heterocycles. The van der Waals surface area contributed by atoms with Gasteiger partial charge in [-0.3, -0.25) is 4.79 Å². The van der Waals surface area contributed by atoms with Gasteiger partial charge in [-0.05, 0) is 38.1 Å². The third-order valence-electron chi connectivity index (χ3n) is 3.18. The molecule has 6 heteroatoms. The maximum atomic E-state index is 13.8. The van der Waals surface area contributed by atoms with E-state index in [0.29, 0.717) is 5.69 Å². The third-order valence-corrected chi connectivity index (χ3v) is 5.08. The van der Waals surface area contributed by atoms with Crippen LogP contribution >= 0.6 is 0 Å². The van der Waals surface area contributed by atoms with Crippen molar-refractivity contribution in [1.29, 1.82) is 0 Å². The van der Waals surface area contributed by atoms with Crippen LogP contribution in [0.25, 0.3) is 0 Å². The lowest BCUT2D eigenvalue weighted by Crippen LogP contribution is -2.14. The summed E-state index contributed by atoms with van der Waals surface area (Å²) in [5, 5.41) is 2.76. The maximum Gasteiger partial charge on any atom is 0.214 e. The minimum atomic E-state index is -4.24. The summed E-state index contributed by atoms with van der Waals surface area (Å²) < 4.78 is 38.8. The monoisotopic (exact) mass is 333 g/mol. The minimum absolute atomic E-state index is 0.497. The van der Waals surface area contributed by atoms with E-state index in [2.05, 4.69) is 5.32 Å². The summed E-state index contributed by atoms with van der Waals surface area (Å²) >= 11 is 0. The topological polar surface area (TPSA) is 63.2 Å². The van der Waals surface area contributed by atoms with Gasteiger partial charge in [0.1, 0.15) is 15.6 Å². The van der Waals surface area contributed by atoms with Crippen molar-refractivity contribution in [3.05, 3.63) is 71.0 Å². The van der Waals surface area contributed by atoms with Gasteiger partial charge in [-0.15, -0.1) is 0 Å². The van der Waals surface area contributed by atoms with Gasteiger partial charge in [0, 0.05) is 11.9 Å². The minimum Gasteiger partial charge on any atom is -0.360 e. The number of carbonyl (C=O) groups excluding carboxylic acids is 1. The first-order valence-corrected chi connectivity index (χ1v) is 8.34. The fourth-order valence-corrected chi connectivity index (χ4v) is 3.36. The molecule has 0 atom stereocenters. The summed E-state index contributed by atoms with van der Waals surface area (Å²) in [6.07, 6.45) is 1.09. The van der Waals surface area contributed by atoms with E-state index in [0.717, 1.165) is 30.8 Å². The number of aryl methyl sites for hydroxylation is 1. The second-order valence-corrected chi connectivity index (χ2v) is 6.90. The zero-order chi connectivity index (χ0) is 17.0. The maximum absolute atomic E-state index is 13.8. The van der Waals surface area contributed by atoms with Crippen molar-refractivity contribution in [2.75, 3.05) is 5.32 Å². The van der Waals surface area contributed by atoms with Crippen molar-refractivity contribution in [1.82, 2.24) is 0 Å². The van der Waals surface area contributed by atoms with Gasteiger partial charge in [-0.2, -0.15) is 0 Å². The summed E-state index contributed by atoms with van der Waals surface area (Å²) in [5.74, 6) is -1.57. The highest BCUT2D eigenvalue weighted by atomic mass is 32.2. The van der Waals surface area contributed by atoms with Gasteiger partial charge in [-0.25, -0.2) is 12.8 Å². The number of hydrogen-bond donors (Lipinski definition) is 1. The number of hydrogen-bond acceptors (Lipinski definition) is 4. The van der Waals surface area contributed by atoms with E-state index in [4.69, 9.17) is 0 Å². The molecule has 4 nitrogen and oxygen atoms in total. The molecule has 1 N–H and O–H groups in total. The summed E-state index contributed by atoms with van der Waals surface area (Å²) in [6.45, 7) is 3.05. The molecule has 0 aliphatic rings.